The summed E-state index contributed by atoms with van der Waals surface area (Å²) in [4.78, 5) is 13.2. The molecule has 0 aliphatic rings. The van der Waals surface area contributed by atoms with Gasteiger partial charge in [-0.3, -0.25) is 4.79 Å². The van der Waals surface area contributed by atoms with Crippen molar-refractivity contribution < 1.29 is 9.21 Å². The zero-order chi connectivity index (χ0) is 13.1. The van der Waals surface area contributed by atoms with Crippen molar-refractivity contribution in [2.45, 2.75) is 24.0 Å². The summed E-state index contributed by atoms with van der Waals surface area (Å²) in [5.74, 6) is 0.938. The largest absolute Gasteiger partial charge is 0.468 e. The van der Waals surface area contributed by atoms with Gasteiger partial charge >= 0.3 is 0 Å². The Bertz CT molecular complexity index is 545. The lowest BCUT2D eigenvalue weighted by Crippen LogP contribution is -2.13. The Kier molecular flexibility index (Phi) is 4.15. The first-order valence-corrected chi connectivity index (χ1v) is 6.84. The number of aryl methyl sites for hydroxylation is 1. The molecule has 2 aromatic rings. The molecule has 4 heteroatoms. The third kappa shape index (κ3) is 2.98. The molecule has 0 N–H and O–H groups in total. The van der Waals surface area contributed by atoms with Gasteiger partial charge in [-0.15, -0.1) is 11.8 Å². The molecule has 1 aromatic heterocycles. The van der Waals surface area contributed by atoms with Gasteiger partial charge in [0.1, 0.15) is 5.76 Å². The highest BCUT2D eigenvalue weighted by Crippen LogP contribution is 2.29. The minimum Gasteiger partial charge on any atom is -0.468 e. The van der Waals surface area contributed by atoms with Crippen molar-refractivity contribution in [1.29, 1.82) is 0 Å². The van der Waals surface area contributed by atoms with E-state index in [1.165, 1.54) is 11.8 Å². The summed E-state index contributed by atoms with van der Waals surface area (Å²) in [5.41, 5.74) is 0.681. The highest BCUT2D eigenvalue weighted by molar-refractivity contribution is 8.00. The van der Waals surface area contributed by atoms with Crippen LogP contribution < -0.4 is 0 Å². The van der Waals surface area contributed by atoms with Crippen molar-refractivity contribution in [3.63, 3.8) is 0 Å². The molecule has 0 aliphatic carbocycles. The number of furan rings is 1. The van der Waals surface area contributed by atoms with Crippen LogP contribution in [0.15, 0.2) is 45.9 Å². The minimum atomic E-state index is -0.150. The van der Waals surface area contributed by atoms with Crippen LogP contribution in [-0.2, 0) is 0 Å². The van der Waals surface area contributed by atoms with Gasteiger partial charge in [0, 0.05) is 15.5 Å². The van der Waals surface area contributed by atoms with Gasteiger partial charge in [0.15, 0.2) is 5.78 Å². The first-order valence-electron chi connectivity index (χ1n) is 5.58. The lowest BCUT2D eigenvalue weighted by molar-refractivity contribution is 0.0994. The fourth-order valence-corrected chi connectivity index (χ4v) is 2.69. The van der Waals surface area contributed by atoms with Crippen LogP contribution in [0.25, 0.3) is 0 Å². The quantitative estimate of drug-likeness (QED) is 0.605. The molecule has 0 aliphatic heterocycles. The van der Waals surface area contributed by atoms with E-state index in [1.807, 2.05) is 19.9 Å². The predicted molar refractivity (Wildman–Crippen MR) is 74.5 cm³/mol. The highest BCUT2D eigenvalue weighted by Gasteiger charge is 2.18. The van der Waals surface area contributed by atoms with Crippen molar-refractivity contribution in [1.82, 2.24) is 0 Å². The Labute approximate surface area is 115 Å². The van der Waals surface area contributed by atoms with Gasteiger partial charge in [-0.1, -0.05) is 11.6 Å². The van der Waals surface area contributed by atoms with E-state index in [4.69, 9.17) is 16.0 Å². The second-order valence-corrected chi connectivity index (χ2v) is 5.79. The van der Waals surface area contributed by atoms with E-state index in [9.17, 15) is 4.79 Å². The van der Waals surface area contributed by atoms with Crippen molar-refractivity contribution >= 4 is 29.1 Å². The van der Waals surface area contributed by atoms with Crippen LogP contribution in [0, 0.1) is 6.92 Å². The molecule has 18 heavy (non-hydrogen) atoms. The number of ketones is 1. The van der Waals surface area contributed by atoms with Crippen LogP contribution in [0.4, 0.5) is 0 Å². The van der Waals surface area contributed by atoms with E-state index in [0.717, 1.165) is 10.7 Å². The van der Waals surface area contributed by atoms with Gasteiger partial charge in [0.25, 0.3) is 0 Å². The normalized spacial score (nSPS) is 12.4. The number of hydrogen-bond donors (Lipinski definition) is 0. The van der Waals surface area contributed by atoms with E-state index in [0.29, 0.717) is 10.6 Å². The molecule has 1 atom stereocenters. The molecule has 1 aromatic carbocycles. The van der Waals surface area contributed by atoms with Crippen LogP contribution in [0.3, 0.4) is 0 Å². The molecule has 1 heterocycles. The molecule has 0 saturated carbocycles. The molecule has 94 valence electrons. The molecule has 0 amide bonds. The molecule has 0 fully saturated rings. The minimum absolute atomic E-state index is 0.0947. The Morgan fingerprint density at radius 3 is 2.50 bits per heavy atom. The molecular weight excluding hydrogens is 268 g/mol. The van der Waals surface area contributed by atoms with Crippen LogP contribution in [0.5, 0.6) is 0 Å². The number of carbonyl (C=O) groups is 1. The average Bonchev–Trinajstić information content (AvgIpc) is 2.75. The third-order valence-corrected chi connectivity index (χ3v) is 4.11. The topological polar surface area (TPSA) is 30.2 Å². The van der Waals surface area contributed by atoms with Gasteiger partial charge in [0.2, 0.25) is 0 Å². The number of carbonyl (C=O) groups excluding carboxylic acids is 1. The lowest BCUT2D eigenvalue weighted by Gasteiger charge is -2.09. The Balaban J connectivity index is 2.09. The molecule has 0 radical (unpaired) electrons. The van der Waals surface area contributed by atoms with E-state index < -0.39 is 0 Å². The van der Waals surface area contributed by atoms with Crippen LogP contribution in [-0.4, -0.2) is 11.0 Å². The molecule has 1 unspecified atom stereocenters. The van der Waals surface area contributed by atoms with Crippen LogP contribution in [0.1, 0.15) is 23.0 Å². The SMILES string of the molecule is Cc1occc1SC(C)C(=O)c1ccc(Cl)cc1. The van der Waals surface area contributed by atoms with Gasteiger partial charge in [-0.05, 0) is 44.2 Å². The maximum Gasteiger partial charge on any atom is 0.175 e. The molecule has 2 rings (SSSR count). The van der Waals surface area contributed by atoms with E-state index in [1.54, 1.807) is 30.5 Å². The summed E-state index contributed by atoms with van der Waals surface area (Å²) in [6.45, 7) is 3.79. The molecule has 0 spiro atoms. The Hall–Kier alpha value is -1.19. The second kappa shape index (κ2) is 5.63. The summed E-state index contributed by atoms with van der Waals surface area (Å²) >= 11 is 7.31. The molecule has 2 nitrogen and oxygen atoms in total. The summed E-state index contributed by atoms with van der Waals surface area (Å²) in [7, 11) is 0. The van der Waals surface area contributed by atoms with Gasteiger partial charge < -0.3 is 4.42 Å². The monoisotopic (exact) mass is 280 g/mol. The average molecular weight is 281 g/mol. The van der Waals surface area contributed by atoms with E-state index in [2.05, 4.69) is 0 Å². The summed E-state index contributed by atoms with van der Waals surface area (Å²) < 4.78 is 5.22. The number of halogens is 1. The molecular formula is C14H13ClO2S. The van der Waals surface area contributed by atoms with Crippen molar-refractivity contribution in [2.75, 3.05) is 0 Å². The lowest BCUT2D eigenvalue weighted by atomic mass is 10.1. The molecule has 0 saturated heterocycles. The summed E-state index contributed by atoms with van der Waals surface area (Å²) in [5, 5.41) is 0.486. The standard InChI is InChI=1S/C14H13ClO2S/c1-9-13(7-8-17-9)18-10(2)14(16)11-3-5-12(15)6-4-11/h3-8,10H,1-2H3. The Morgan fingerprint density at radius 2 is 1.94 bits per heavy atom. The second-order valence-electron chi connectivity index (χ2n) is 3.97. The zero-order valence-corrected chi connectivity index (χ0v) is 11.7. The van der Waals surface area contributed by atoms with E-state index in [-0.39, 0.29) is 11.0 Å². The predicted octanol–water partition coefficient (Wildman–Crippen LogP) is 4.60. The van der Waals surface area contributed by atoms with Gasteiger partial charge in [-0.25, -0.2) is 0 Å². The first kappa shape index (κ1) is 13.2. The number of benzene rings is 1. The number of hydrogen-bond acceptors (Lipinski definition) is 3. The number of rotatable bonds is 4. The molecule has 0 bridgehead atoms. The summed E-state index contributed by atoms with van der Waals surface area (Å²) in [6.07, 6.45) is 1.64. The Morgan fingerprint density at radius 1 is 1.28 bits per heavy atom. The maximum absolute atomic E-state index is 12.2. The van der Waals surface area contributed by atoms with E-state index >= 15 is 0 Å². The number of thioether (sulfide) groups is 1. The number of Topliss-reactive ketones (excluding diaryl/α,β-unsaturated/α-hetero) is 1. The highest BCUT2D eigenvalue weighted by atomic mass is 35.5. The zero-order valence-electron chi connectivity index (χ0n) is 10.1. The van der Waals surface area contributed by atoms with Gasteiger partial charge in [0.05, 0.1) is 11.5 Å². The smallest absolute Gasteiger partial charge is 0.175 e. The van der Waals surface area contributed by atoms with Crippen molar-refractivity contribution in [2.24, 2.45) is 0 Å². The maximum atomic E-state index is 12.2. The van der Waals surface area contributed by atoms with Crippen LogP contribution in [0.2, 0.25) is 5.02 Å². The van der Waals surface area contributed by atoms with Crippen LogP contribution >= 0.6 is 23.4 Å². The van der Waals surface area contributed by atoms with Gasteiger partial charge in [-0.2, -0.15) is 0 Å². The van der Waals surface area contributed by atoms with Crippen molar-refractivity contribution in [3.05, 3.63) is 52.9 Å². The fraction of sp³-hybridized carbons (Fsp3) is 0.214. The van der Waals surface area contributed by atoms with Crippen molar-refractivity contribution in [3.8, 4) is 0 Å². The fourth-order valence-electron chi connectivity index (χ4n) is 1.59. The first-order chi connectivity index (χ1) is 8.58. The summed E-state index contributed by atoms with van der Waals surface area (Å²) in [6, 6.07) is 8.85. The third-order valence-electron chi connectivity index (χ3n) is 2.61.